The maximum atomic E-state index is 12.9. The van der Waals surface area contributed by atoms with Gasteiger partial charge in [-0.2, -0.15) is 10.9 Å². The quantitative estimate of drug-likeness (QED) is 0.267. The van der Waals surface area contributed by atoms with Crippen molar-refractivity contribution in [3.05, 3.63) is 84.9 Å². The molecule has 4 saturated carbocycles. The van der Waals surface area contributed by atoms with Gasteiger partial charge in [0.25, 0.3) is 0 Å². The lowest BCUT2D eigenvalue weighted by molar-refractivity contribution is -0.190. The molecule has 7 rings (SSSR count). The van der Waals surface area contributed by atoms with Crippen molar-refractivity contribution in [2.75, 3.05) is 6.61 Å². The number of benzene rings is 3. The van der Waals surface area contributed by atoms with E-state index in [1.807, 2.05) is 12.1 Å². The minimum atomic E-state index is -0.654. The summed E-state index contributed by atoms with van der Waals surface area (Å²) in [5.74, 6) is 3.18. The standard InChI is InChI=1S/C32H36O3S/c1-32(25-18-23-12-13-24(20-25)21-26(32)19-23)35-31(33)22-34-27-14-16-30(17-15-27)36(28-8-4-2-5-9-28)29-10-6-3-7-11-29/h2-11,14-17,23-26,36H,12-13,18-22H2,1H3. The van der Waals surface area contributed by atoms with Gasteiger partial charge in [-0.05, 0) is 119 Å². The maximum absolute atomic E-state index is 12.9. The van der Waals surface area contributed by atoms with Gasteiger partial charge >= 0.3 is 5.97 Å². The van der Waals surface area contributed by atoms with E-state index in [0.717, 1.165) is 11.8 Å². The molecule has 4 bridgehead atoms. The first kappa shape index (κ1) is 23.7. The van der Waals surface area contributed by atoms with Crippen molar-refractivity contribution >= 4 is 16.9 Å². The van der Waals surface area contributed by atoms with Gasteiger partial charge in [0.2, 0.25) is 0 Å². The summed E-state index contributed by atoms with van der Waals surface area (Å²) in [6, 6.07) is 29.6. The first-order valence-electron chi connectivity index (χ1n) is 13.4. The zero-order chi connectivity index (χ0) is 24.5. The second-order valence-corrected chi connectivity index (χ2v) is 13.3. The molecule has 0 spiro atoms. The number of ether oxygens (including phenoxy) is 2. The largest absolute Gasteiger partial charge is 0.482 e. The molecule has 0 N–H and O–H groups in total. The van der Waals surface area contributed by atoms with E-state index >= 15 is 0 Å². The highest BCUT2D eigenvalue weighted by Crippen LogP contribution is 2.57. The van der Waals surface area contributed by atoms with Crippen molar-refractivity contribution < 1.29 is 14.3 Å². The van der Waals surface area contributed by atoms with E-state index in [9.17, 15) is 4.79 Å². The molecule has 3 nitrogen and oxygen atoms in total. The van der Waals surface area contributed by atoms with Crippen LogP contribution in [0.1, 0.15) is 45.4 Å². The summed E-state index contributed by atoms with van der Waals surface area (Å²) in [5, 5.41) is 0. The summed E-state index contributed by atoms with van der Waals surface area (Å²) >= 11 is 0. The Bertz CT molecular complexity index is 1110. The highest BCUT2D eigenvalue weighted by Gasteiger charge is 2.55. The molecule has 3 aromatic carbocycles. The number of carbonyl (C=O) groups is 1. The molecular formula is C32H36O3S. The minimum Gasteiger partial charge on any atom is -0.482 e. The Hall–Kier alpha value is -2.72. The lowest BCUT2D eigenvalue weighted by Gasteiger charge is -2.52. The summed E-state index contributed by atoms with van der Waals surface area (Å²) in [4.78, 5) is 16.8. The Kier molecular flexibility index (Phi) is 6.55. The summed E-state index contributed by atoms with van der Waals surface area (Å²) in [5.41, 5.74) is -0.317. The molecule has 0 unspecified atom stereocenters. The predicted octanol–water partition coefficient (Wildman–Crippen LogP) is 7.69. The van der Waals surface area contributed by atoms with Gasteiger partial charge in [0, 0.05) is 0 Å². The normalized spacial score (nSPS) is 28.9. The molecule has 0 heterocycles. The fourth-order valence-electron chi connectivity index (χ4n) is 7.08. The summed E-state index contributed by atoms with van der Waals surface area (Å²) in [6.45, 7) is 2.16. The zero-order valence-corrected chi connectivity index (χ0v) is 21.9. The van der Waals surface area contributed by atoms with Crippen molar-refractivity contribution in [3.63, 3.8) is 0 Å². The van der Waals surface area contributed by atoms with Crippen LogP contribution >= 0.6 is 10.9 Å². The Morgan fingerprint density at radius 1 is 0.750 bits per heavy atom. The number of esters is 1. The number of carbonyl (C=O) groups excluding carboxylic acids is 1. The third kappa shape index (κ3) is 4.68. The van der Waals surface area contributed by atoms with E-state index in [0.29, 0.717) is 17.6 Å². The monoisotopic (exact) mass is 500 g/mol. The zero-order valence-electron chi connectivity index (χ0n) is 21.0. The molecule has 4 aliphatic rings. The number of fused-ring (bicyclic) bond motifs is 1. The second-order valence-electron chi connectivity index (χ2n) is 11.1. The van der Waals surface area contributed by atoms with Gasteiger partial charge in [-0.25, -0.2) is 4.79 Å². The highest BCUT2D eigenvalue weighted by molar-refractivity contribution is 8.17. The van der Waals surface area contributed by atoms with E-state index in [1.165, 1.54) is 53.2 Å². The van der Waals surface area contributed by atoms with Crippen molar-refractivity contribution in [2.24, 2.45) is 23.7 Å². The smallest absolute Gasteiger partial charge is 0.344 e. The molecule has 4 aliphatic carbocycles. The van der Waals surface area contributed by atoms with Crippen LogP contribution in [0.5, 0.6) is 5.75 Å². The Labute approximate surface area is 217 Å². The van der Waals surface area contributed by atoms with E-state index in [-0.39, 0.29) is 18.2 Å². The molecule has 0 radical (unpaired) electrons. The lowest BCUT2D eigenvalue weighted by atomic mass is 9.59. The van der Waals surface area contributed by atoms with Crippen molar-refractivity contribution in [1.29, 1.82) is 0 Å². The topological polar surface area (TPSA) is 35.5 Å². The Morgan fingerprint density at radius 3 is 1.72 bits per heavy atom. The van der Waals surface area contributed by atoms with Crippen LogP contribution in [0.3, 0.4) is 0 Å². The van der Waals surface area contributed by atoms with Crippen LogP contribution in [0.15, 0.2) is 99.6 Å². The van der Waals surface area contributed by atoms with Crippen molar-refractivity contribution in [1.82, 2.24) is 0 Å². The Morgan fingerprint density at radius 2 is 1.22 bits per heavy atom. The molecule has 188 valence electrons. The fraction of sp³-hybridized carbons (Fsp3) is 0.406. The molecule has 0 aromatic heterocycles. The van der Waals surface area contributed by atoms with E-state index in [4.69, 9.17) is 9.47 Å². The summed E-state index contributed by atoms with van der Waals surface area (Å²) in [6.07, 6.45) is 7.65. The number of thiol groups is 1. The van der Waals surface area contributed by atoms with Gasteiger partial charge in [0.1, 0.15) is 11.4 Å². The average Bonchev–Trinajstić information content (AvgIpc) is 3.19. The van der Waals surface area contributed by atoms with Gasteiger partial charge in [-0.3, -0.25) is 0 Å². The van der Waals surface area contributed by atoms with Gasteiger partial charge in [0.15, 0.2) is 6.61 Å². The van der Waals surface area contributed by atoms with E-state index in [2.05, 4.69) is 79.7 Å². The maximum Gasteiger partial charge on any atom is 0.344 e. The molecule has 4 heteroatoms. The minimum absolute atomic E-state index is 0.0344. The van der Waals surface area contributed by atoms with Crippen LogP contribution in [0.2, 0.25) is 0 Å². The van der Waals surface area contributed by atoms with Crippen LogP contribution in [0.25, 0.3) is 0 Å². The first-order chi connectivity index (χ1) is 17.6. The molecule has 0 atom stereocenters. The fourth-order valence-corrected chi connectivity index (χ4v) is 9.37. The van der Waals surface area contributed by atoms with E-state index < -0.39 is 10.9 Å². The molecule has 4 fully saturated rings. The molecule has 36 heavy (non-hydrogen) atoms. The molecular weight excluding hydrogens is 464 g/mol. The van der Waals surface area contributed by atoms with Crippen molar-refractivity contribution in [3.8, 4) is 5.75 Å². The van der Waals surface area contributed by atoms with Crippen LogP contribution in [-0.2, 0) is 9.53 Å². The van der Waals surface area contributed by atoms with Gasteiger partial charge < -0.3 is 9.47 Å². The lowest BCUT2D eigenvalue weighted by Crippen LogP contribution is -2.54. The second kappa shape index (κ2) is 9.97. The summed E-state index contributed by atoms with van der Waals surface area (Å²) < 4.78 is 12.1. The predicted molar refractivity (Wildman–Crippen MR) is 145 cm³/mol. The number of hydrogen-bond donors (Lipinski definition) is 1. The Balaban J connectivity index is 1.12. The number of hydrogen-bond acceptors (Lipinski definition) is 3. The SMILES string of the molecule is CC1(OC(=O)COc2ccc([SH](c3ccccc3)c3ccccc3)cc2)C2CC3CCC(C2)CC1C3. The average molecular weight is 501 g/mol. The van der Waals surface area contributed by atoms with Crippen molar-refractivity contribution in [2.45, 2.75) is 65.7 Å². The van der Waals surface area contributed by atoms with E-state index in [1.54, 1.807) is 0 Å². The third-order valence-electron chi connectivity index (χ3n) is 8.89. The highest BCUT2D eigenvalue weighted by atomic mass is 32.2. The van der Waals surface area contributed by atoms with Gasteiger partial charge in [-0.15, -0.1) is 0 Å². The third-order valence-corrected chi connectivity index (χ3v) is 11.3. The first-order valence-corrected chi connectivity index (χ1v) is 14.8. The molecule has 0 amide bonds. The van der Waals surface area contributed by atoms with Crippen LogP contribution in [0.4, 0.5) is 0 Å². The molecule has 0 aliphatic heterocycles. The van der Waals surface area contributed by atoms with Gasteiger partial charge in [0.05, 0.1) is 0 Å². The molecule has 3 aromatic rings. The summed E-state index contributed by atoms with van der Waals surface area (Å²) in [7, 11) is -0.654. The number of rotatable bonds is 7. The van der Waals surface area contributed by atoms with Gasteiger partial charge in [-0.1, -0.05) is 49.2 Å². The van der Waals surface area contributed by atoms with Crippen LogP contribution < -0.4 is 4.74 Å². The van der Waals surface area contributed by atoms with Crippen LogP contribution in [0, 0.1) is 23.7 Å². The van der Waals surface area contributed by atoms with Crippen LogP contribution in [-0.4, -0.2) is 18.2 Å². The molecule has 0 saturated heterocycles.